The Labute approximate surface area is 109 Å². The van der Waals surface area contributed by atoms with Crippen molar-refractivity contribution in [3.05, 3.63) is 22.7 Å². The van der Waals surface area contributed by atoms with Crippen molar-refractivity contribution in [3.63, 3.8) is 0 Å². The van der Waals surface area contributed by atoms with Gasteiger partial charge in [0.05, 0.1) is 11.4 Å². The van der Waals surface area contributed by atoms with Gasteiger partial charge in [0.2, 0.25) is 5.91 Å². The predicted molar refractivity (Wildman–Crippen MR) is 72.2 cm³/mol. The zero-order chi connectivity index (χ0) is 11.9. The quantitative estimate of drug-likeness (QED) is 0.769. The zero-order valence-electron chi connectivity index (χ0n) is 9.55. The minimum Gasteiger partial charge on any atom is -0.369 e. The zero-order valence-corrected chi connectivity index (χ0v) is 11.1. The number of hydrogen-bond donors (Lipinski definition) is 2. The average molecular weight is 295 g/mol. The second-order valence-corrected chi connectivity index (χ2v) is 5.74. The molecule has 0 atom stereocenters. The molecule has 1 fully saturated rings. The summed E-state index contributed by atoms with van der Waals surface area (Å²) < 4.78 is 1.01. The van der Waals surface area contributed by atoms with E-state index in [1.807, 2.05) is 18.2 Å². The number of nitrogens with one attached hydrogen (secondary N) is 2. The summed E-state index contributed by atoms with van der Waals surface area (Å²) in [4.78, 5) is 12.3. The molecular formula is C13H15BrN2O. The van der Waals surface area contributed by atoms with Crippen molar-refractivity contribution in [2.24, 2.45) is 0 Å². The van der Waals surface area contributed by atoms with E-state index in [-0.39, 0.29) is 11.4 Å². The molecular weight excluding hydrogens is 280 g/mol. The van der Waals surface area contributed by atoms with Crippen LogP contribution in [0.3, 0.4) is 0 Å². The highest BCUT2D eigenvalue weighted by atomic mass is 79.9. The second kappa shape index (κ2) is 4.02. The molecule has 1 heterocycles. The molecule has 1 spiro atoms. The Hall–Kier alpha value is -1.03. The Morgan fingerprint density at radius 3 is 2.71 bits per heavy atom. The fraction of sp³-hybridized carbons (Fsp3) is 0.462. The number of anilines is 2. The number of hydrogen-bond acceptors (Lipinski definition) is 2. The maximum Gasteiger partial charge on any atom is 0.250 e. The number of fused-ring (bicyclic) bond motifs is 1. The molecule has 0 unspecified atom stereocenters. The molecule has 0 bridgehead atoms. The van der Waals surface area contributed by atoms with Gasteiger partial charge in [0.25, 0.3) is 0 Å². The van der Waals surface area contributed by atoms with Crippen LogP contribution in [0.2, 0.25) is 0 Å². The predicted octanol–water partition coefficient (Wildman–Crippen LogP) is 3.52. The summed E-state index contributed by atoms with van der Waals surface area (Å²) in [5.41, 5.74) is 1.52. The SMILES string of the molecule is O=C1Nc2cccc(Br)c2NC12CCCCC2. The maximum absolute atomic E-state index is 12.3. The fourth-order valence-electron chi connectivity index (χ4n) is 2.80. The third-order valence-corrected chi connectivity index (χ3v) is 4.43. The average Bonchev–Trinajstić information content (AvgIpc) is 2.34. The normalized spacial score (nSPS) is 21.6. The van der Waals surface area contributed by atoms with Gasteiger partial charge in [-0.15, -0.1) is 0 Å². The van der Waals surface area contributed by atoms with Gasteiger partial charge >= 0.3 is 0 Å². The summed E-state index contributed by atoms with van der Waals surface area (Å²) in [6.45, 7) is 0. The third-order valence-electron chi connectivity index (χ3n) is 3.77. The number of para-hydroxylation sites is 1. The van der Waals surface area contributed by atoms with Gasteiger partial charge in [-0.3, -0.25) is 4.79 Å². The summed E-state index contributed by atoms with van der Waals surface area (Å²) in [5.74, 6) is 0.128. The van der Waals surface area contributed by atoms with Crippen LogP contribution in [0.4, 0.5) is 11.4 Å². The van der Waals surface area contributed by atoms with E-state index in [1.54, 1.807) is 0 Å². The van der Waals surface area contributed by atoms with Crippen molar-refractivity contribution in [2.45, 2.75) is 37.6 Å². The molecule has 90 valence electrons. The van der Waals surface area contributed by atoms with E-state index in [9.17, 15) is 4.79 Å². The molecule has 2 aliphatic rings. The first-order valence-corrected chi connectivity index (χ1v) is 6.89. The smallest absolute Gasteiger partial charge is 0.250 e. The highest BCUT2D eigenvalue weighted by Crippen LogP contribution is 2.41. The van der Waals surface area contributed by atoms with Crippen LogP contribution < -0.4 is 10.6 Å². The van der Waals surface area contributed by atoms with E-state index in [0.29, 0.717) is 0 Å². The molecule has 0 saturated heterocycles. The van der Waals surface area contributed by atoms with Gasteiger partial charge < -0.3 is 10.6 Å². The number of carbonyl (C=O) groups excluding carboxylic acids is 1. The van der Waals surface area contributed by atoms with E-state index in [2.05, 4.69) is 26.6 Å². The summed E-state index contributed by atoms with van der Waals surface area (Å²) in [6, 6.07) is 5.87. The van der Waals surface area contributed by atoms with Crippen LogP contribution >= 0.6 is 15.9 Å². The van der Waals surface area contributed by atoms with Crippen LogP contribution in [-0.2, 0) is 4.79 Å². The maximum atomic E-state index is 12.3. The van der Waals surface area contributed by atoms with Gasteiger partial charge in [0, 0.05) is 4.47 Å². The lowest BCUT2D eigenvalue weighted by Gasteiger charge is -2.41. The van der Waals surface area contributed by atoms with Gasteiger partial charge in [0.1, 0.15) is 5.54 Å². The minimum atomic E-state index is -0.380. The summed E-state index contributed by atoms with van der Waals surface area (Å²) >= 11 is 3.54. The Morgan fingerprint density at radius 2 is 1.94 bits per heavy atom. The molecule has 3 rings (SSSR count). The standard InChI is InChI=1S/C13H15BrN2O/c14-9-5-4-6-10-11(9)16-13(12(17)15-10)7-2-1-3-8-13/h4-6,16H,1-3,7-8H2,(H,15,17). The van der Waals surface area contributed by atoms with Crippen LogP contribution in [0.5, 0.6) is 0 Å². The summed E-state index contributed by atoms with van der Waals surface area (Å²) in [6.07, 6.45) is 5.35. The van der Waals surface area contributed by atoms with Gasteiger partial charge in [-0.2, -0.15) is 0 Å². The third kappa shape index (κ3) is 1.75. The lowest BCUT2D eigenvalue weighted by Crippen LogP contribution is -2.53. The monoisotopic (exact) mass is 294 g/mol. The Bertz CT molecular complexity index is 466. The van der Waals surface area contributed by atoms with Crippen LogP contribution in [-0.4, -0.2) is 11.4 Å². The molecule has 1 aliphatic carbocycles. The Balaban J connectivity index is 2.01. The number of rotatable bonds is 0. The van der Waals surface area contributed by atoms with Crippen molar-refractivity contribution < 1.29 is 4.79 Å². The van der Waals surface area contributed by atoms with Gasteiger partial charge in [-0.05, 0) is 40.9 Å². The largest absolute Gasteiger partial charge is 0.369 e. The van der Waals surface area contributed by atoms with Crippen LogP contribution in [0.1, 0.15) is 32.1 Å². The van der Waals surface area contributed by atoms with E-state index in [1.165, 1.54) is 6.42 Å². The van der Waals surface area contributed by atoms with Crippen LogP contribution in [0.15, 0.2) is 22.7 Å². The number of amides is 1. The number of halogens is 1. The van der Waals surface area contributed by atoms with E-state index in [4.69, 9.17) is 0 Å². The molecule has 17 heavy (non-hydrogen) atoms. The van der Waals surface area contributed by atoms with E-state index < -0.39 is 0 Å². The molecule has 1 aromatic carbocycles. The minimum absolute atomic E-state index is 0.128. The number of carbonyl (C=O) groups is 1. The van der Waals surface area contributed by atoms with E-state index in [0.717, 1.165) is 41.5 Å². The fourth-order valence-corrected chi connectivity index (χ4v) is 3.27. The van der Waals surface area contributed by atoms with Crippen molar-refractivity contribution in [1.82, 2.24) is 0 Å². The van der Waals surface area contributed by atoms with Crippen molar-refractivity contribution in [1.29, 1.82) is 0 Å². The molecule has 1 aromatic rings. The van der Waals surface area contributed by atoms with Gasteiger partial charge in [-0.25, -0.2) is 0 Å². The molecule has 0 aromatic heterocycles. The molecule has 1 amide bonds. The molecule has 4 heteroatoms. The Morgan fingerprint density at radius 1 is 1.18 bits per heavy atom. The highest BCUT2D eigenvalue weighted by Gasteiger charge is 2.43. The Kier molecular flexibility index (Phi) is 2.62. The first-order chi connectivity index (χ1) is 8.21. The molecule has 3 nitrogen and oxygen atoms in total. The molecule has 2 N–H and O–H groups in total. The molecule has 1 aliphatic heterocycles. The molecule has 1 saturated carbocycles. The first kappa shape index (κ1) is 11.1. The highest BCUT2D eigenvalue weighted by molar-refractivity contribution is 9.10. The van der Waals surface area contributed by atoms with Crippen LogP contribution in [0.25, 0.3) is 0 Å². The van der Waals surface area contributed by atoms with Crippen LogP contribution in [0, 0.1) is 0 Å². The lowest BCUT2D eigenvalue weighted by atomic mass is 9.79. The van der Waals surface area contributed by atoms with Crippen molar-refractivity contribution in [3.8, 4) is 0 Å². The summed E-state index contributed by atoms with van der Waals surface area (Å²) in [5, 5.41) is 6.50. The topological polar surface area (TPSA) is 41.1 Å². The second-order valence-electron chi connectivity index (χ2n) is 4.88. The summed E-state index contributed by atoms with van der Waals surface area (Å²) in [7, 11) is 0. The number of benzene rings is 1. The molecule has 0 radical (unpaired) electrons. The van der Waals surface area contributed by atoms with Gasteiger partial charge in [0.15, 0.2) is 0 Å². The van der Waals surface area contributed by atoms with Gasteiger partial charge in [-0.1, -0.05) is 25.3 Å². The van der Waals surface area contributed by atoms with Crippen molar-refractivity contribution in [2.75, 3.05) is 10.6 Å². The van der Waals surface area contributed by atoms with E-state index >= 15 is 0 Å². The lowest BCUT2D eigenvalue weighted by molar-refractivity contribution is -0.121. The first-order valence-electron chi connectivity index (χ1n) is 6.09. The van der Waals surface area contributed by atoms with Crippen molar-refractivity contribution >= 4 is 33.2 Å².